The highest BCUT2D eigenvalue weighted by Crippen LogP contribution is 2.30. The molecule has 0 bridgehead atoms. The minimum absolute atomic E-state index is 0.206. The number of anilines is 3. The first kappa shape index (κ1) is 23.9. The van der Waals surface area contributed by atoms with Crippen molar-refractivity contribution in [2.45, 2.75) is 26.9 Å². The van der Waals surface area contributed by atoms with Gasteiger partial charge in [0.25, 0.3) is 0 Å². The fraction of sp³-hybridized carbons (Fsp3) is 0.259. The van der Waals surface area contributed by atoms with Gasteiger partial charge in [0, 0.05) is 26.2 Å². The summed E-state index contributed by atoms with van der Waals surface area (Å²) in [5.74, 6) is 0.661. The molecule has 0 aliphatic rings. The van der Waals surface area contributed by atoms with Crippen LogP contribution in [0, 0.1) is 0 Å². The second-order valence-corrected chi connectivity index (χ2v) is 7.97. The highest BCUT2D eigenvalue weighted by molar-refractivity contribution is 6.00. The molecule has 2 heterocycles. The maximum absolute atomic E-state index is 12.5. The molecule has 0 aliphatic carbocycles. The molecule has 0 spiro atoms. The molecule has 2 N–H and O–H groups in total. The average molecular weight is 471 g/mol. The van der Waals surface area contributed by atoms with Crippen molar-refractivity contribution in [1.29, 1.82) is 0 Å². The van der Waals surface area contributed by atoms with Crippen molar-refractivity contribution in [2.24, 2.45) is 0 Å². The minimum atomic E-state index is -0.508. The van der Waals surface area contributed by atoms with E-state index >= 15 is 0 Å². The topological polar surface area (TPSA) is 92.3 Å². The highest BCUT2D eigenvalue weighted by Gasteiger charge is 2.20. The van der Waals surface area contributed by atoms with E-state index in [1.54, 1.807) is 6.07 Å². The number of rotatable bonds is 10. The fourth-order valence-corrected chi connectivity index (χ4v) is 3.83. The summed E-state index contributed by atoms with van der Waals surface area (Å²) in [6, 6.07) is 21.8. The number of benzene rings is 2. The van der Waals surface area contributed by atoms with Gasteiger partial charge in [-0.2, -0.15) is 4.98 Å². The second kappa shape index (κ2) is 11.3. The van der Waals surface area contributed by atoms with E-state index in [9.17, 15) is 4.79 Å². The lowest BCUT2D eigenvalue weighted by atomic mass is 10.2. The van der Waals surface area contributed by atoms with Crippen molar-refractivity contribution in [3.05, 3.63) is 83.6 Å². The van der Waals surface area contributed by atoms with E-state index in [1.807, 2.05) is 48.5 Å². The summed E-state index contributed by atoms with van der Waals surface area (Å²) in [5, 5.41) is 6.79. The third-order valence-corrected chi connectivity index (χ3v) is 5.71. The van der Waals surface area contributed by atoms with Crippen LogP contribution in [0.25, 0.3) is 11.0 Å². The molecule has 0 aliphatic heterocycles. The van der Waals surface area contributed by atoms with Crippen molar-refractivity contribution in [3.8, 4) is 0 Å². The molecule has 4 rings (SSSR count). The van der Waals surface area contributed by atoms with Crippen LogP contribution in [-0.4, -0.2) is 41.1 Å². The number of fused-ring (bicyclic) bond motifs is 1. The van der Waals surface area contributed by atoms with Crippen LogP contribution in [0.4, 0.5) is 17.5 Å². The van der Waals surface area contributed by atoms with Crippen LogP contribution in [-0.2, 0) is 17.8 Å². The Morgan fingerprint density at radius 1 is 0.829 bits per heavy atom. The molecule has 0 saturated heterocycles. The summed E-state index contributed by atoms with van der Waals surface area (Å²) in [5.41, 5.74) is 4.33. The fourth-order valence-electron chi connectivity index (χ4n) is 3.83. The summed E-state index contributed by atoms with van der Waals surface area (Å²) >= 11 is 0. The SMILES string of the molecule is CCN(CC)c1nc(NCc2ccccc2)nc2c(NCc3ccccc3)cc(C(=O)OC)nc12. The lowest BCUT2D eigenvalue weighted by Crippen LogP contribution is -2.24. The molecule has 35 heavy (non-hydrogen) atoms. The van der Waals surface area contributed by atoms with Crippen LogP contribution in [0.3, 0.4) is 0 Å². The predicted molar refractivity (Wildman–Crippen MR) is 140 cm³/mol. The molecule has 2 aromatic heterocycles. The molecule has 0 amide bonds. The third kappa shape index (κ3) is 5.66. The number of nitrogens with zero attached hydrogens (tertiary/aromatic N) is 4. The maximum atomic E-state index is 12.5. The van der Waals surface area contributed by atoms with Gasteiger partial charge in [-0.15, -0.1) is 0 Å². The van der Waals surface area contributed by atoms with Crippen LogP contribution >= 0.6 is 0 Å². The first-order valence-corrected chi connectivity index (χ1v) is 11.7. The van der Waals surface area contributed by atoms with Crippen molar-refractivity contribution < 1.29 is 9.53 Å². The molecule has 0 saturated carbocycles. The van der Waals surface area contributed by atoms with E-state index in [1.165, 1.54) is 7.11 Å². The number of nitrogens with one attached hydrogen (secondary N) is 2. The maximum Gasteiger partial charge on any atom is 0.356 e. The van der Waals surface area contributed by atoms with Gasteiger partial charge < -0.3 is 20.3 Å². The molecule has 8 nitrogen and oxygen atoms in total. The van der Waals surface area contributed by atoms with E-state index in [0.29, 0.717) is 41.6 Å². The molecule has 0 atom stereocenters. The number of methoxy groups -OCH3 is 1. The zero-order valence-electron chi connectivity index (χ0n) is 20.3. The molecule has 180 valence electrons. The van der Waals surface area contributed by atoms with E-state index in [4.69, 9.17) is 14.7 Å². The van der Waals surface area contributed by atoms with Gasteiger partial charge >= 0.3 is 5.97 Å². The Balaban J connectivity index is 1.81. The quantitative estimate of drug-likeness (QED) is 0.317. The van der Waals surface area contributed by atoms with Crippen LogP contribution in [0.15, 0.2) is 66.7 Å². The Labute approximate surface area is 205 Å². The molecule has 2 aromatic carbocycles. The predicted octanol–water partition coefficient (Wildman–Crippen LogP) is 4.88. The Bertz CT molecular complexity index is 1280. The monoisotopic (exact) mass is 470 g/mol. The number of hydrogen-bond donors (Lipinski definition) is 2. The Hall–Kier alpha value is -4.20. The first-order valence-electron chi connectivity index (χ1n) is 11.7. The number of carbonyl (C=O) groups is 1. The highest BCUT2D eigenvalue weighted by atomic mass is 16.5. The van der Waals surface area contributed by atoms with Gasteiger partial charge in [0.15, 0.2) is 11.5 Å². The van der Waals surface area contributed by atoms with Gasteiger partial charge in [-0.05, 0) is 31.0 Å². The third-order valence-electron chi connectivity index (χ3n) is 5.71. The van der Waals surface area contributed by atoms with Gasteiger partial charge in [0.2, 0.25) is 5.95 Å². The van der Waals surface area contributed by atoms with E-state index in [0.717, 1.165) is 24.2 Å². The Morgan fingerprint density at radius 3 is 2.00 bits per heavy atom. The lowest BCUT2D eigenvalue weighted by molar-refractivity contribution is 0.0594. The molecular formula is C27H30N6O2. The van der Waals surface area contributed by atoms with Crippen molar-refractivity contribution >= 4 is 34.5 Å². The number of ether oxygens (including phenoxy) is 1. The van der Waals surface area contributed by atoms with Gasteiger partial charge in [0.1, 0.15) is 11.0 Å². The van der Waals surface area contributed by atoms with Crippen LogP contribution in [0.5, 0.6) is 0 Å². The second-order valence-electron chi connectivity index (χ2n) is 7.97. The van der Waals surface area contributed by atoms with Gasteiger partial charge in [-0.25, -0.2) is 14.8 Å². The Kier molecular flexibility index (Phi) is 7.72. The Morgan fingerprint density at radius 2 is 1.43 bits per heavy atom. The normalized spacial score (nSPS) is 10.7. The number of carbonyl (C=O) groups excluding carboxylic acids is 1. The summed E-state index contributed by atoms with van der Waals surface area (Å²) in [7, 11) is 1.35. The number of esters is 1. The van der Waals surface area contributed by atoms with Crippen molar-refractivity contribution in [2.75, 3.05) is 35.7 Å². The standard InChI is InChI=1S/C27H30N6O2/c1-4-33(5-2)25-24-23(31-27(32-25)29-18-20-14-10-7-11-15-20)21(16-22(30-24)26(34)35-3)28-17-19-12-8-6-9-13-19/h6-16H,4-5,17-18H2,1-3H3,(H,28,30)(H,29,31,32). The zero-order valence-corrected chi connectivity index (χ0v) is 20.3. The summed E-state index contributed by atoms with van der Waals surface area (Å²) in [6.07, 6.45) is 0. The number of hydrogen-bond acceptors (Lipinski definition) is 8. The van der Waals surface area contributed by atoms with Crippen LogP contribution in [0.2, 0.25) is 0 Å². The molecule has 0 fully saturated rings. The van der Waals surface area contributed by atoms with Gasteiger partial charge in [-0.3, -0.25) is 0 Å². The molecule has 0 unspecified atom stereocenters. The smallest absolute Gasteiger partial charge is 0.356 e. The molecule has 0 radical (unpaired) electrons. The van der Waals surface area contributed by atoms with Crippen molar-refractivity contribution in [1.82, 2.24) is 15.0 Å². The first-order chi connectivity index (χ1) is 17.1. The number of pyridine rings is 1. The average Bonchev–Trinajstić information content (AvgIpc) is 2.91. The summed E-state index contributed by atoms with van der Waals surface area (Å²) in [4.78, 5) is 28.8. The van der Waals surface area contributed by atoms with Crippen LogP contribution in [0.1, 0.15) is 35.5 Å². The molecule has 4 aromatic rings. The summed E-state index contributed by atoms with van der Waals surface area (Å²) in [6.45, 7) is 6.75. The van der Waals surface area contributed by atoms with E-state index < -0.39 is 5.97 Å². The van der Waals surface area contributed by atoms with Gasteiger partial charge in [0.05, 0.1) is 12.8 Å². The largest absolute Gasteiger partial charge is 0.464 e. The summed E-state index contributed by atoms with van der Waals surface area (Å²) < 4.78 is 4.97. The molecular weight excluding hydrogens is 440 g/mol. The van der Waals surface area contributed by atoms with E-state index in [2.05, 4.69) is 46.5 Å². The minimum Gasteiger partial charge on any atom is -0.464 e. The van der Waals surface area contributed by atoms with Gasteiger partial charge in [-0.1, -0.05) is 60.7 Å². The van der Waals surface area contributed by atoms with Crippen molar-refractivity contribution in [3.63, 3.8) is 0 Å². The zero-order chi connectivity index (χ0) is 24.6. The van der Waals surface area contributed by atoms with Crippen LogP contribution < -0.4 is 15.5 Å². The molecule has 8 heteroatoms. The van der Waals surface area contributed by atoms with E-state index in [-0.39, 0.29) is 5.69 Å². The number of aromatic nitrogens is 3. The lowest BCUT2D eigenvalue weighted by Gasteiger charge is -2.22.